The first kappa shape index (κ1) is 14.9. The fourth-order valence-electron chi connectivity index (χ4n) is 2.02. The van der Waals surface area contributed by atoms with E-state index in [2.05, 4.69) is 40.2 Å². The van der Waals surface area contributed by atoms with Crippen molar-refractivity contribution in [3.8, 4) is 11.5 Å². The Bertz CT molecular complexity index is 526. The van der Waals surface area contributed by atoms with Crippen LogP contribution in [0.3, 0.4) is 0 Å². The summed E-state index contributed by atoms with van der Waals surface area (Å²) in [6, 6.07) is 16.3. The van der Waals surface area contributed by atoms with Crippen molar-refractivity contribution < 1.29 is 9.47 Å². The number of unbranched alkanes of at least 4 members (excludes halogenated alkanes) is 1. The molecular formula is C17H19BrO2. The van der Waals surface area contributed by atoms with E-state index in [-0.39, 0.29) is 0 Å². The molecule has 0 atom stereocenters. The van der Waals surface area contributed by atoms with E-state index in [1.165, 1.54) is 5.56 Å². The molecule has 0 radical (unpaired) electrons. The summed E-state index contributed by atoms with van der Waals surface area (Å²) in [4.78, 5) is 0. The van der Waals surface area contributed by atoms with E-state index in [0.29, 0.717) is 6.61 Å². The number of hydrogen-bond donors (Lipinski definition) is 0. The van der Waals surface area contributed by atoms with Crippen LogP contribution in [0.25, 0.3) is 0 Å². The van der Waals surface area contributed by atoms with Gasteiger partial charge >= 0.3 is 0 Å². The maximum atomic E-state index is 5.79. The summed E-state index contributed by atoms with van der Waals surface area (Å²) < 4.78 is 12.1. The molecule has 2 nitrogen and oxygen atoms in total. The Kier molecular flexibility index (Phi) is 5.93. The van der Waals surface area contributed by atoms with Gasteiger partial charge in [0.05, 0.1) is 13.7 Å². The molecule has 2 rings (SSSR count). The minimum absolute atomic E-state index is 0.708. The van der Waals surface area contributed by atoms with E-state index in [0.717, 1.165) is 35.2 Å². The van der Waals surface area contributed by atoms with Crippen molar-refractivity contribution in [3.05, 3.63) is 58.6 Å². The van der Waals surface area contributed by atoms with Gasteiger partial charge in [0, 0.05) is 4.47 Å². The smallest absolute Gasteiger partial charge is 0.162 e. The Labute approximate surface area is 128 Å². The third kappa shape index (κ3) is 4.57. The Morgan fingerprint density at radius 3 is 2.50 bits per heavy atom. The maximum absolute atomic E-state index is 5.79. The predicted molar refractivity (Wildman–Crippen MR) is 85.6 cm³/mol. The van der Waals surface area contributed by atoms with Gasteiger partial charge in [0.1, 0.15) is 0 Å². The Hall–Kier alpha value is -1.48. The second kappa shape index (κ2) is 7.95. The van der Waals surface area contributed by atoms with Crippen molar-refractivity contribution in [2.75, 3.05) is 13.7 Å². The number of ether oxygens (including phenoxy) is 2. The number of hydrogen-bond acceptors (Lipinski definition) is 2. The van der Waals surface area contributed by atoms with Gasteiger partial charge in [0.15, 0.2) is 11.5 Å². The van der Waals surface area contributed by atoms with Gasteiger partial charge in [-0.15, -0.1) is 0 Å². The fraction of sp³-hybridized carbons (Fsp3) is 0.294. The largest absolute Gasteiger partial charge is 0.493 e. The summed E-state index contributed by atoms with van der Waals surface area (Å²) in [6.07, 6.45) is 3.25. The summed E-state index contributed by atoms with van der Waals surface area (Å²) in [7, 11) is 1.66. The van der Waals surface area contributed by atoms with Gasteiger partial charge in [0.25, 0.3) is 0 Å². The van der Waals surface area contributed by atoms with Gasteiger partial charge in [-0.1, -0.05) is 46.3 Å². The lowest BCUT2D eigenvalue weighted by Gasteiger charge is -2.11. The minimum atomic E-state index is 0.708. The summed E-state index contributed by atoms with van der Waals surface area (Å²) in [5.41, 5.74) is 1.38. The molecule has 0 aliphatic carbocycles. The van der Waals surface area contributed by atoms with E-state index in [9.17, 15) is 0 Å². The predicted octanol–water partition coefficient (Wildman–Crippen LogP) is 4.86. The molecule has 0 aliphatic rings. The zero-order valence-corrected chi connectivity index (χ0v) is 13.2. The summed E-state index contributed by atoms with van der Waals surface area (Å²) in [6.45, 7) is 0.708. The van der Waals surface area contributed by atoms with Gasteiger partial charge < -0.3 is 9.47 Å². The highest BCUT2D eigenvalue weighted by molar-refractivity contribution is 9.10. The van der Waals surface area contributed by atoms with E-state index < -0.39 is 0 Å². The van der Waals surface area contributed by atoms with Gasteiger partial charge in [-0.2, -0.15) is 0 Å². The third-order valence-corrected chi connectivity index (χ3v) is 3.58. The number of benzene rings is 2. The van der Waals surface area contributed by atoms with Crippen LogP contribution in [0, 0.1) is 0 Å². The molecule has 2 aromatic carbocycles. The molecule has 0 aliphatic heterocycles. The topological polar surface area (TPSA) is 18.5 Å². The monoisotopic (exact) mass is 334 g/mol. The average Bonchev–Trinajstić information content (AvgIpc) is 2.48. The van der Waals surface area contributed by atoms with Crippen molar-refractivity contribution in [2.24, 2.45) is 0 Å². The van der Waals surface area contributed by atoms with E-state index in [4.69, 9.17) is 9.47 Å². The Balaban J connectivity index is 1.75. The number of methoxy groups -OCH3 is 1. The zero-order valence-electron chi connectivity index (χ0n) is 11.6. The maximum Gasteiger partial charge on any atom is 0.162 e. The second-order valence-electron chi connectivity index (χ2n) is 4.59. The molecule has 2 aromatic rings. The highest BCUT2D eigenvalue weighted by Crippen LogP contribution is 2.30. The first-order valence-corrected chi connectivity index (χ1v) is 7.59. The molecule has 0 amide bonds. The molecule has 3 heteroatoms. The van der Waals surface area contributed by atoms with Gasteiger partial charge in [0.2, 0.25) is 0 Å². The average molecular weight is 335 g/mol. The molecule has 0 heterocycles. The molecule has 0 saturated heterocycles. The fourth-order valence-corrected chi connectivity index (χ4v) is 2.36. The zero-order chi connectivity index (χ0) is 14.2. The summed E-state index contributed by atoms with van der Waals surface area (Å²) in [5.74, 6) is 1.57. The number of aryl methyl sites for hydroxylation is 1. The number of rotatable bonds is 7. The molecular weight excluding hydrogens is 316 g/mol. The van der Waals surface area contributed by atoms with Gasteiger partial charge in [-0.3, -0.25) is 0 Å². The SMILES string of the molecule is COc1ccc(Br)cc1OCCCCc1ccccc1. The van der Waals surface area contributed by atoms with Crippen LogP contribution >= 0.6 is 15.9 Å². The van der Waals surface area contributed by atoms with E-state index in [1.807, 2.05) is 24.3 Å². The first-order chi connectivity index (χ1) is 9.79. The molecule has 0 aromatic heterocycles. The van der Waals surface area contributed by atoms with Crippen LogP contribution in [-0.4, -0.2) is 13.7 Å². The van der Waals surface area contributed by atoms with Gasteiger partial charge in [-0.05, 0) is 43.0 Å². The molecule has 106 valence electrons. The lowest BCUT2D eigenvalue weighted by molar-refractivity contribution is 0.286. The third-order valence-electron chi connectivity index (χ3n) is 3.09. The molecule has 20 heavy (non-hydrogen) atoms. The molecule has 0 unspecified atom stereocenters. The highest BCUT2D eigenvalue weighted by atomic mass is 79.9. The molecule has 0 spiro atoms. The molecule has 0 bridgehead atoms. The van der Waals surface area contributed by atoms with Crippen LogP contribution in [-0.2, 0) is 6.42 Å². The molecule has 0 saturated carbocycles. The van der Waals surface area contributed by atoms with Crippen LogP contribution in [0.2, 0.25) is 0 Å². The van der Waals surface area contributed by atoms with Crippen LogP contribution in [0.15, 0.2) is 53.0 Å². The van der Waals surface area contributed by atoms with E-state index in [1.54, 1.807) is 7.11 Å². The van der Waals surface area contributed by atoms with Crippen LogP contribution in [0.1, 0.15) is 18.4 Å². The quantitative estimate of drug-likeness (QED) is 0.673. The van der Waals surface area contributed by atoms with Crippen LogP contribution in [0.5, 0.6) is 11.5 Å². The molecule has 0 N–H and O–H groups in total. The van der Waals surface area contributed by atoms with Crippen molar-refractivity contribution in [1.29, 1.82) is 0 Å². The highest BCUT2D eigenvalue weighted by Gasteiger charge is 2.04. The first-order valence-electron chi connectivity index (χ1n) is 6.80. The Morgan fingerprint density at radius 1 is 0.950 bits per heavy atom. The van der Waals surface area contributed by atoms with Crippen molar-refractivity contribution >= 4 is 15.9 Å². The minimum Gasteiger partial charge on any atom is -0.493 e. The Morgan fingerprint density at radius 2 is 1.75 bits per heavy atom. The van der Waals surface area contributed by atoms with Crippen molar-refractivity contribution in [3.63, 3.8) is 0 Å². The van der Waals surface area contributed by atoms with Crippen molar-refractivity contribution in [1.82, 2.24) is 0 Å². The van der Waals surface area contributed by atoms with E-state index >= 15 is 0 Å². The van der Waals surface area contributed by atoms with Crippen LogP contribution < -0.4 is 9.47 Å². The lowest BCUT2D eigenvalue weighted by atomic mass is 10.1. The van der Waals surface area contributed by atoms with Gasteiger partial charge in [-0.25, -0.2) is 0 Å². The van der Waals surface area contributed by atoms with Crippen LogP contribution in [0.4, 0.5) is 0 Å². The summed E-state index contributed by atoms with van der Waals surface area (Å²) in [5, 5.41) is 0. The second-order valence-corrected chi connectivity index (χ2v) is 5.50. The lowest BCUT2D eigenvalue weighted by Crippen LogP contribution is -2.00. The standard InChI is InChI=1S/C17H19BrO2/c1-19-16-11-10-15(18)13-17(16)20-12-6-5-9-14-7-3-2-4-8-14/h2-4,7-8,10-11,13H,5-6,9,12H2,1H3. The summed E-state index contributed by atoms with van der Waals surface area (Å²) >= 11 is 3.44. The normalized spacial score (nSPS) is 10.3. The molecule has 0 fully saturated rings. The number of halogens is 1. The van der Waals surface area contributed by atoms with Crippen molar-refractivity contribution in [2.45, 2.75) is 19.3 Å².